The first-order valence-electron chi connectivity index (χ1n) is 3.82. The molecule has 0 saturated carbocycles. The zero-order chi connectivity index (χ0) is 9.84. The third-order valence-corrected chi connectivity index (χ3v) is 1.74. The molecule has 0 saturated heterocycles. The fourth-order valence-corrected chi connectivity index (χ4v) is 0.925. The highest BCUT2D eigenvalue weighted by atomic mass is 35.5. The maximum Gasteiger partial charge on any atom is 0.310 e. The van der Waals surface area contributed by atoms with E-state index in [1.165, 1.54) is 18.2 Å². The number of hydrogen-bond donors (Lipinski definition) is 1. The average Bonchev–Trinajstić information content (AvgIpc) is 2.11. The number of carbonyl (C=O) groups excluding carboxylic acids is 1. The molecule has 0 spiro atoms. The first-order valence-corrected chi connectivity index (χ1v) is 4.20. The van der Waals surface area contributed by atoms with Crippen molar-refractivity contribution in [3.63, 3.8) is 0 Å². The van der Waals surface area contributed by atoms with Crippen LogP contribution in [0.4, 0.5) is 0 Å². The van der Waals surface area contributed by atoms with Gasteiger partial charge in [0.1, 0.15) is 11.5 Å². The largest absolute Gasteiger partial charge is 0.506 e. The summed E-state index contributed by atoms with van der Waals surface area (Å²) in [5.74, 6) is -0.0191. The van der Waals surface area contributed by atoms with Gasteiger partial charge in [0.05, 0.1) is 5.02 Å². The highest BCUT2D eigenvalue weighted by molar-refractivity contribution is 6.32. The van der Waals surface area contributed by atoms with E-state index in [1.807, 2.05) is 0 Å². The monoisotopic (exact) mass is 200 g/mol. The second kappa shape index (κ2) is 4.14. The van der Waals surface area contributed by atoms with Crippen LogP contribution >= 0.6 is 11.6 Å². The van der Waals surface area contributed by atoms with Crippen molar-refractivity contribution in [2.45, 2.75) is 13.3 Å². The zero-order valence-corrected chi connectivity index (χ0v) is 7.84. The number of carbonyl (C=O) groups is 1. The molecule has 0 aliphatic rings. The topological polar surface area (TPSA) is 46.5 Å². The molecule has 0 fully saturated rings. The Bertz CT molecular complexity index is 323. The molecule has 1 rings (SSSR count). The van der Waals surface area contributed by atoms with E-state index in [0.29, 0.717) is 12.2 Å². The number of ether oxygens (including phenoxy) is 1. The number of phenolic OH excluding ortho intramolecular Hbond substituents is 1. The van der Waals surface area contributed by atoms with Gasteiger partial charge in [-0.05, 0) is 12.1 Å². The quantitative estimate of drug-likeness (QED) is 0.589. The molecule has 0 atom stereocenters. The maximum absolute atomic E-state index is 10.8. The molecule has 0 aliphatic carbocycles. The lowest BCUT2D eigenvalue weighted by molar-refractivity contribution is -0.134. The van der Waals surface area contributed by atoms with E-state index in [9.17, 15) is 4.79 Å². The highest BCUT2D eigenvalue weighted by Crippen LogP contribution is 2.27. The molecule has 0 heterocycles. The van der Waals surface area contributed by atoms with E-state index in [-0.39, 0.29) is 16.7 Å². The minimum absolute atomic E-state index is 0.0297. The molecule has 0 aliphatic heterocycles. The van der Waals surface area contributed by atoms with Gasteiger partial charge >= 0.3 is 5.97 Å². The van der Waals surface area contributed by atoms with Crippen LogP contribution in [-0.4, -0.2) is 11.1 Å². The van der Waals surface area contributed by atoms with Gasteiger partial charge in [0.2, 0.25) is 0 Å². The normalized spacial score (nSPS) is 9.69. The zero-order valence-electron chi connectivity index (χ0n) is 7.08. The number of esters is 1. The minimum Gasteiger partial charge on any atom is -0.506 e. The molecule has 1 aromatic rings. The van der Waals surface area contributed by atoms with Gasteiger partial charge in [0.25, 0.3) is 0 Å². The van der Waals surface area contributed by atoms with Gasteiger partial charge in [-0.15, -0.1) is 0 Å². The fourth-order valence-electron chi connectivity index (χ4n) is 0.755. The number of rotatable bonds is 2. The van der Waals surface area contributed by atoms with Gasteiger partial charge in [-0.1, -0.05) is 18.5 Å². The number of halogens is 1. The first-order chi connectivity index (χ1) is 6.13. The first kappa shape index (κ1) is 9.86. The maximum atomic E-state index is 10.8. The Hall–Kier alpha value is -1.22. The van der Waals surface area contributed by atoms with Crippen LogP contribution in [0.5, 0.6) is 11.5 Å². The predicted octanol–water partition coefficient (Wildman–Crippen LogP) is 2.36. The molecule has 4 heteroatoms. The van der Waals surface area contributed by atoms with Crippen LogP contribution in [0.25, 0.3) is 0 Å². The molecule has 1 N–H and O–H groups in total. The predicted molar refractivity (Wildman–Crippen MR) is 49.0 cm³/mol. The number of benzene rings is 1. The smallest absolute Gasteiger partial charge is 0.310 e. The van der Waals surface area contributed by atoms with Gasteiger partial charge in [0.15, 0.2) is 0 Å². The Morgan fingerprint density at radius 2 is 2.31 bits per heavy atom. The van der Waals surface area contributed by atoms with E-state index in [0.717, 1.165) is 0 Å². The van der Waals surface area contributed by atoms with Crippen LogP contribution in [0.15, 0.2) is 18.2 Å². The van der Waals surface area contributed by atoms with Gasteiger partial charge in [-0.2, -0.15) is 0 Å². The van der Waals surface area contributed by atoms with Crippen LogP contribution in [0.2, 0.25) is 5.02 Å². The summed E-state index contributed by atoms with van der Waals surface area (Å²) in [6.07, 6.45) is 0.304. The van der Waals surface area contributed by atoms with Crippen molar-refractivity contribution in [3.05, 3.63) is 23.2 Å². The second-order valence-corrected chi connectivity index (χ2v) is 2.85. The Morgan fingerprint density at radius 1 is 1.62 bits per heavy atom. The van der Waals surface area contributed by atoms with Gasteiger partial charge < -0.3 is 9.84 Å². The molecule has 0 bridgehead atoms. The summed E-state index contributed by atoms with van der Waals surface area (Å²) < 4.78 is 4.86. The molecular weight excluding hydrogens is 192 g/mol. The Kier molecular flexibility index (Phi) is 3.14. The lowest BCUT2D eigenvalue weighted by Gasteiger charge is -2.03. The molecule has 3 nitrogen and oxygen atoms in total. The number of aromatic hydroxyl groups is 1. The van der Waals surface area contributed by atoms with Crippen LogP contribution < -0.4 is 4.74 Å². The molecule has 1 aromatic carbocycles. The molecule has 0 amide bonds. The molecular formula is C9H9ClO3. The van der Waals surface area contributed by atoms with E-state index in [4.69, 9.17) is 21.4 Å². The van der Waals surface area contributed by atoms with Gasteiger partial charge in [-0.3, -0.25) is 4.79 Å². The lowest BCUT2D eigenvalue weighted by Crippen LogP contribution is -2.05. The van der Waals surface area contributed by atoms with Crippen LogP contribution in [0.1, 0.15) is 13.3 Å². The fraction of sp³-hybridized carbons (Fsp3) is 0.222. The third-order valence-electron chi connectivity index (χ3n) is 1.44. The Balaban J connectivity index is 2.79. The van der Waals surface area contributed by atoms with Crippen LogP contribution in [0, 0.1) is 0 Å². The summed E-state index contributed by atoms with van der Waals surface area (Å²) in [4.78, 5) is 10.8. The van der Waals surface area contributed by atoms with E-state index < -0.39 is 0 Å². The van der Waals surface area contributed by atoms with Crippen molar-refractivity contribution < 1.29 is 14.6 Å². The number of phenols is 1. The van der Waals surface area contributed by atoms with Crippen molar-refractivity contribution in [2.75, 3.05) is 0 Å². The summed E-state index contributed by atoms with van der Waals surface area (Å²) >= 11 is 5.60. The average molecular weight is 201 g/mol. The molecule has 0 radical (unpaired) electrons. The second-order valence-electron chi connectivity index (χ2n) is 2.44. The van der Waals surface area contributed by atoms with E-state index >= 15 is 0 Å². The van der Waals surface area contributed by atoms with Crippen molar-refractivity contribution in [1.82, 2.24) is 0 Å². The summed E-state index contributed by atoms with van der Waals surface area (Å²) in [7, 11) is 0. The van der Waals surface area contributed by atoms with Crippen molar-refractivity contribution in [1.29, 1.82) is 0 Å². The van der Waals surface area contributed by atoms with Crippen molar-refractivity contribution in [3.8, 4) is 11.5 Å². The molecule has 13 heavy (non-hydrogen) atoms. The van der Waals surface area contributed by atoms with Gasteiger partial charge in [0, 0.05) is 12.5 Å². The lowest BCUT2D eigenvalue weighted by atomic mass is 10.3. The SMILES string of the molecule is CCC(=O)Oc1ccc(O)c(Cl)c1. The van der Waals surface area contributed by atoms with Gasteiger partial charge in [-0.25, -0.2) is 0 Å². The third kappa shape index (κ3) is 2.63. The number of hydrogen-bond acceptors (Lipinski definition) is 3. The minimum atomic E-state index is -0.332. The highest BCUT2D eigenvalue weighted by Gasteiger charge is 2.04. The Morgan fingerprint density at radius 3 is 2.85 bits per heavy atom. The summed E-state index contributed by atoms with van der Waals surface area (Å²) in [6, 6.07) is 4.25. The summed E-state index contributed by atoms with van der Waals surface area (Å²) in [6.45, 7) is 1.70. The van der Waals surface area contributed by atoms with E-state index in [2.05, 4.69) is 0 Å². The molecule has 0 aromatic heterocycles. The van der Waals surface area contributed by atoms with Crippen molar-refractivity contribution >= 4 is 17.6 Å². The molecule has 70 valence electrons. The van der Waals surface area contributed by atoms with Crippen molar-refractivity contribution in [2.24, 2.45) is 0 Å². The van der Waals surface area contributed by atoms with E-state index in [1.54, 1.807) is 6.92 Å². The van der Waals surface area contributed by atoms with Crippen LogP contribution in [-0.2, 0) is 4.79 Å². The summed E-state index contributed by atoms with van der Waals surface area (Å²) in [5.41, 5.74) is 0. The molecule has 0 unspecified atom stereocenters. The van der Waals surface area contributed by atoms with Crippen LogP contribution in [0.3, 0.4) is 0 Å². The standard InChI is InChI=1S/C9H9ClO3/c1-2-9(12)13-6-3-4-8(11)7(10)5-6/h3-5,11H,2H2,1H3. The Labute approximate surface area is 80.9 Å². The summed E-state index contributed by atoms with van der Waals surface area (Å²) in [5, 5.41) is 9.23.